The van der Waals surface area contributed by atoms with Gasteiger partial charge in [-0.05, 0) is 31.3 Å². The quantitative estimate of drug-likeness (QED) is 0.621. The second-order valence-corrected chi connectivity index (χ2v) is 3.60. The van der Waals surface area contributed by atoms with Crippen molar-refractivity contribution >= 4 is 18.0 Å². The standard InChI is InChI=1S/C11H10N2OS/c1-8(14)9-4-2-3-5-10(9)13-7-6-12-11(13)15/h2-7H,1H3,(H,12,15). The van der Waals surface area contributed by atoms with E-state index >= 15 is 0 Å². The summed E-state index contributed by atoms with van der Waals surface area (Å²) in [6.07, 6.45) is 3.56. The minimum absolute atomic E-state index is 0.0358. The Morgan fingerprint density at radius 3 is 2.73 bits per heavy atom. The molecule has 76 valence electrons. The van der Waals surface area contributed by atoms with Gasteiger partial charge in [-0.25, -0.2) is 0 Å². The molecule has 1 aromatic heterocycles. The van der Waals surface area contributed by atoms with Crippen LogP contribution in [0.3, 0.4) is 0 Å². The summed E-state index contributed by atoms with van der Waals surface area (Å²) < 4.78 is 2.37. The van der Waals surface area contributed by atoms with E-state index in [4.69, 9.17) is 12.2 Å². The normalized spacial score (nSPS) is 10.2. The van der Waals surface area contributed by atoms with Crippen LogP contribution < -0.4 is 0 Å². The molecule has 0 aliphatic heterocycles. The molecule has 3 nitrogen and oxygen atoms in total. The summed E-state index contributed by atoms with van der Waals surface area (Å²) in [7, 11) is 0. The van der Waals surface area contributed by atoms with Crippen molar-refractivity contribution in [3.63, 3.8) is 0 Å². The fourth-order valence-corrected chi connectivity index (χ4v) is 1.72. The molecule has 0 atom stereocenters. The Balaban J connectivity index is 2.68. The van der Waals surface area contributed by atoms with Gasteiger partial charge in [0.05, 0.1) is 5.69 Å². The van der Waals surface area contributed by atoms with Crippen molar-refractivity contribution in [2.75, 3.05) is 0 Å². The molecule has 0 radical (unpaired) electrons. The Morgan fingerprint density at radius 2 is 2.13 bits per heavy atom. The highest BCUT2D eigenvalue weighted by molar-refractivity contribution is 7.71. The summed E-state index contributed by atoms with van der Waals surface area (Å²) in [4.78, 5) is 14.3. The molecule has 1 heterocycles. The number of benzene rings is 1. The van der Waals surface area contributed by atoms with Gasteiger partial charge in [0, 0.05) is 18.0 Å². The van der Waals surface area contributed by atoms with Crippen LogP contribution in [0, 0.1) is 4.77 Å². The van der Waals surface area contributed by atoms with Crippen LogP contribution in [-0.2, 0) is 0 Å². The number of para-hydroxylation sites is 1. The summed E-state index contributed by atoms with van der Waals surface area (Å²) in [5, 5.41) is 0. The Kier molecular flexibility index (Phi) is 2.51. The second kappa shape index (κ2) is 3.82. The average molecular weight is 218 g/mol. The van der Waals surface area contributed by atoms with Crippen LogP contribution >= 0.6 is 12.2 Å². The maximum Gasteiger partial charge on any atom is 0.181 e. The third-order valence-electron chi connectivity index (χ3n) is 2.19. The first kappa shape index (κ1) is 9.86. The van der Waals surface area contributed by atoms with Gasteiger partial charge in [0.1, 0.15) is 0 Å². The minimum atomic E-state index is 0.0358. The zero-order valence-electron chi connectivity index (χ0n) is 8.23. The minimum Gasteiger partial charge on any atom is -0.337 e. The molecule has 0 aliphatic rings. The molecule has 4 heteroatoms. The highest BCUT2D eigenvalue weighted by Crippen LogP contribution is 2.15. The summed E-state index contributed by atoms with van der Waals surface area (Å²) in [6, 6.07) is 7.40. The molecule has 0 bridgehead atoms. The van der Waals surface area contributed by atoms with Crippen LogP contribution in [0.2, 0.25) is 0 Å². The predicted molar refractivity (Wildman–Crippen MR) is 61.0 cm³/mol. The van der Waals surface area contributed by atoms with Crippen molar-refractivity contribution < 1.29 is 4.79 Å². The van der Waals surface area contributed by atoms with Crippen molar-refractivity contribution in [2.24, 2.45) is 0 Å². The molecule has 1 N–H and O–H groups in total. The van der Waals surface area contributed by atoms with E-state index in [0.717, 1.165) is 5.69 Å². The van der Waals surface area contributed by atoms with Crippen molar-refractivity contribution in [3.8, 4) is 5.69 Å². The lowest BCUT2D eigenvalue weighted by molar-refractivity contribution is 0.101. The molecule has 0 saturated carbocycles. The number of H-pyrrole nitrogens is 1. The second-order valence-electron chi connectivity index (χ2n) is 3.21. The van der Waals surface area contributed by atoms with Gasteiger partial charge in [0.25, 0.3) is 0 Å². The van der Waals surface area contributed by atoms with Crippen molar-refractivity contribution in [3.05, 3.63) is 47.0 Å². The number of rotatable bonds is 2. The number of nitrogens with one attached hydrogen (secondary N) is 1. The van der Waals surface area contributed by atoms with E-state index in [0.29, 0.717) is 10.3 Å². The van der Waals surface area contributed by atoms with Crippen LogP contribution in [0.1, 0.15) is 17.3 Å². The molecule has 0 saturated heterocycles. The first-order valence-electron chi connectivity index (χ1n) is 4.56. The number of aromatic nitrogens is 2. The number of carbonyl (C=O) groups excluding carboxylic acids is 1. The fraction of sp³-hybridized carbons (Fsp3) is 0.0909. The first-order valence-corrected chi connectivity index (χ1v) is 4.97. The Bertz CT molecular complexity index is 553. The lowest BCUT2D eigenvalue weighted by Gasteiger charge is -2.06. The van der Waals surface area contributed by atoms with Gasteiger partial charge in [0.15, 0.2) is 10.6 Å². The smallest absolute Gasteiger partial charge is 0.181 e. The number of aromatic amines is 1. The van der Waals surface area contributed by atoms with E-state index < -0.39 is 0 Å². The fourth-order valence-electron chi connectivity index (χ4n) is 1.49. The van der Waals surface area contributed by atoms with E-state index in [2.05, 4.69) is 4.98 Å². The zero-order valence-corrected chi connectivity index (χ0v) is 9.04. The van der Waals surface area contributed by atoms with Crippen molar-refractivity contribution in [2.45, 2.75) is 6.92 Å². The van der Waals surface area contributed by atoms with Gasteiger partial charge in [0.2, 0.25) is 0 Å². The molecule has 0 spiro atoms. The Hall–Kier alpha value is -1.68. The SMILES string of the molecule is CC(=O)c1ccccc1-n1cc[nH]c1=S. The predicted octanol–water partition coefficient (Wildman–Crippen LogP) is 2.74. The number of carbonyl (C=O) groups is 1. The monoisotopic (exact) mass is 218 g/mol. The maximum atomic E-state index is 11.4. The molecule has 1 aromatic carbocycles. The number of nitrogens with zero attached hydrogens (tertiary/aromatic N) is 1. The lowest BCUT2D eigenvalue weighted by Crippen LogP contribution is -2.02. The Morgan fingerprint density at radius 1 is 1.40 bits per heavy atom. The molecule has 0 unspecified atom stereocenters. The first-order chi connectivity index (χ1) is 7.20. The molecule has 2 aromatic rings. The molecular formula is C11H10N2OS. The van der Waals surface area contributed by atoms with Crippen molar-refractivity contribution in [1.82, 2.24) is 9.55 Å². The van der Waals surface area contributed by atoms with Crippen molar-refractivity contribution in [1.29, 1.82) is 0 Å². The van der Waals surface area contributed by atoms with Crippen LogP contribution in [0.25, 0.3) is 5.69 Å². The van der Waals surface area contributed by atoms with Crippen LogP contribution in [-0.4, -0.2) is 15.3 Å². The molecule has 15 heavy (non-hydrogen) atoms. The van der Waals surface area contributed by atoms with E-state index in [9.17, 15) is 4.79 Å². The largest absolute Gasteiger partial charge is 0.337 e. The summed E-state index contributed by atoms with van der Waals surface area (Å²) in [5.74, 6) is 0.0358. The van der Waals surface area contributed by atoms with E-state index in [1.165, 1.54) is 0 Å². The van der Waals surface area contributed by atoms with E-state index in [1.54, 1.807) is 23.8 Å². The number of imidazole rings is 1. The summed E-state index contributed by atoms with van der Waals surface area (Å²) in [5.41, 5.74) is 1.49. The highest BCUT2D eigenvalue weighted by Gasteiger charge is 2.07. The average Bonchev–Trinajstić information content (AvgIpc) is 2.64. The molecule has 0 fully saturated rings. The Labute approximate surface area is 92.4 Å². The van der Waals surface area contributed by atoms with Crippen LogP contribution in [0.15, 0.2) is 36.7 Å². The van der Waals surface area contributed by atoms with Gasteiger partial charge in [-0.1, -0.05) is 12.1 Å². The number of ketones is 1. The third kappa shape index (κ3) is 1.76. The number of Topliss-reactive ketones (excluding diaryl/α,β-unsaturated/α-hetero) is 1. The number of hydrogen-bond donors (Lipinski definition) is 1. The van der Waals surface area contributed by atoms with Crippen LogP contribution in [0.5, 0.6) is 0 Å². The van der Waals surface area contributed by atoms with Gasteiger partial charge in [-0.3, -0.25) is 9.36 Å². The van der Waals surface area contributed by atoms with Gasteiger partial charge < -0.3 is 4.98 Å². The topological polar surface area (TPSA) is 37.8 Å². The summed E-state index contributed by atoms with van der Waals surface area (Å²) >= 11 is 5.11. The van der Waals surface area contributed by atoms with Gasteiger partial charge in [-0.2, -0.15) is 0 Å². The van der Waals surface area contributed by atoms with E-state index in [-0.39, 0.29) is 5.78 Å². The lowest BCUT2D eigenvalue weighted by atomic mass is 10.1. The maximum absolute atomic E-state index is 11.4. The molecule has 2 rings (SSSR count). The highest BCUT2D eigenvalue weighted by atomic mass is 32.1. The zero-order chi connectivity index (χ0) is 10.8. The molecule has 0 amide bonds. The van der Waals surface area contributed by atoms with Crippen LogP contribution in [0.4, 0.5) is 0 Å². The van der Waals surface area contributed by atoms with E-state index in [1.807, 2.05) is 24.4 Å². The molecule has 0 aliphatic carbocycles. The van der Waals surface area contributed by atoms with Gasteiger partial charge >= 0.3 is 0 Å². The third-order valence-corrected chi connectivity index (χ3v) is 2.51. The summed E-state index contributed by atoms with van der Waals surface area (Å²) in [6.45, 7) is 1.55. The number of hydrogen-bond acceptors (Lipinski definition) is 2. The van der Waals surface area contributed by atoms with Gasteiger partial charge in [-0.15, -0.1) is 0 Å². The molecular weight excluding hydrogens is 208 g/mol.